The molecule has 90 valence electrons. The Labute approximate surface area is 107 Å². The van der Waals surface area contributed by atoms with Gasteiger partial charge in [0.2, 0.25) is 0 Å². The molecule has 0 saturated heterocycles. The monoisotopic (exact) mass is 275 g/mol. The quantitative estimate of drug-likeness (QED) is 0.933. The lowest BCUT2D eigenvalue weighted by molar-refractivity contribution is 0.301. The highest BCUT2D eigenvalue weighted by atomic mass is 35.5. The second-order valence-corrected chi connectivity index (χ2v) is 4.21. The van der Waals surface area contributed by atoms with Crippen molar-refractivity contribution in [2.24, 2.45) is 0 Å². The third kappa shape index (κ3) is 2.68. The van der Waals surface area contributed by atoms with E-state index in [-0.39, 0.29) is 10.0 Å². The largest absolute Gasteiger partial charge is 0.377 e. The molecule has 0 aliphatic rings. The highest BCUT2D eigenvalue weighted by Crippen LogP contribution is 2.31. The number of nitrogens with one attached hydrogen (secondary N) is 1. The molecular weight excluding hydrogens is 268 g/mol. The normalized spacial score (nSPS) is 10.6. The van der Waals surface area contributed by atoms with Gasteiger partial charge in [0, 0.05) is 0 Å². The zero-order valence-corrected chi connectivity index (χ0v) is 10.3. The summed E-state index contributed by atoms with van der Waals surface area (Å²) in [4.78, 5) is 0. The molecule has 2 rings (SSSR count). The predicted molar refractivity (Wildman–Crippen MR) is 62.8 cm³/mol. The van der Waals surface area contributed by atoms with Crippen LogP contribution in [0.3, 0.4) is 0 Å². The first-order valence-electron chi connectivity index (χ1n) is 4.74. The summed E-state index contributed by atoms with van der Waals surface area (Å²) in [6, 6.07) is 2.37. The van der Waals surface area contributed by atoms with Crippen LogP contribution < -0.4 is 5.32 Å². The Bertz CT molecular complexity index is 521. The van der Waals surface area contributed by atoms with Crippen LogP contribution in [0.5, 0.6) is 0 Å². The number of hydrogen-bond acceptors (Lipinski definition) is 4. The molecule has 2 aromatic rings. The standard InChI is InChI=1S/C10H8Cl2FN3O/c1-5-9(16-17-15-5)4-14-10-7(11)2-6(13)3-8(10)12/h2-3,14H,4H2,1H3. The molecule has 4 nitrogen and oxygen atoms in total. The molecule has 0 spiro atoms. The highest BCUT2D eigenvalue weighted by molar-refractivity contribution is 6.39. The third-order valence-electron chi connectivity index (χ3n) is 2.19. The average molecular weight is 276 g/mol. The maximum absolute atomic E-state index is 13.0. The molecule has 0 atom stereocenters. The number of halogens is 3. The first-order chi connectivity index (χ1) is 8.08. The van der Waals surface area contributed by atoms with Crippen molar-refractivity contribution in [1.82, 2.24) is 10.3 Å². The number of hydrogen-bond donors (Lipinski definition) is 1. The summed E-state index contributed by atoms with van der Waals surface area (Å²) in [5.74, 6) is -0.482. The van der Waals surface area contributed by atoms with Crippen molar-refractivity contribution < 1.29 is 9.02 Å². The van der Waals surface area contributed by atoms with E-state index < -0.39 is 5.82 Å². The zero-order chi connectivity index (χ0) is 12.4. The van der Waals surface area contributed by atoms with Gasteiger partial charge in [-0.1, -0.05) is 33.5 Å². The lowest BCUT2D eigenvalue weighted by Gasteiger charge is -2.09. The van der Waals surface area contributed by atoms with E-state index in [2.05, 4.69) is 20.3 Å². The predicted octanol–water partition coefficient (Wildman–Crippen LogP) is 3.44. The average Bonchev–Trinajstić information content (AvgIpc) is 2.62. The fourth-order valence-electron chi connectivity index (χ4n) is 1.29. The minimum atomic E-state index is -0.482. The van der Waals surface area contributed by atoms with Crippen LogP contribution >= 0.6 is 23.2 Å². The molecular formula is C10H8Cl2FN3O. The Morgan fingerprint density at radius 1 is 1.29 bits per heavy atom. The van der Waals surface area contributed by atoms with Crippen molar-refractivity contribution in [3.05, 3.63) is 39.4 Å². The molecule has 1 aromatic heterocycles. The summed E-state index contributed by atoms with van der Waals surface area (Å²) in [7, 11) is 0. The molecule has 1 aromatic carbocycles. The van der Waals surface area contributed by atoms with E-state index in [1.165, 1.54) is 12.1 Å². The van der Waals surface area contributed by atoms with E-state index in [1.807, 2.05) is 0 Å². The van der Waals surface area contributed by atoms with Crippen LogP contribution in [0.4, 0.5) is 10.1 Å². The Hall–Kier alpha value is -1.33. The van der Waals surface area contributed by atoms with E-state index in [0.29, 0.717) is 23.6 Å². The summed E-state index contributed by atoms with van der Waals surface area (Å²) in [5, 5.41) is 10.7. The molecule has 0 aliphatic heterocycles. The molecule has 7 heteroatoms. The lowest BCUT2D eigenvalue weighted by Crippen LogP contribution is -2.02. The van der Waals surface area contributed by atoms with Crippen LogP contribution in [0.25, 0.3) is 0 Å². The maximum Gasteiger partial charge on any atom is 0.127 e. The summed E-state index contributed by atoms with van der Waals surface area (Å²) in [5.41, 5.74) is 1.77. The van der Waals surface area contributed by atoms with E-state index in [9.17, 15) is 4.39 Å². The molecule has 0 unspecified atom stereocenters. The summed E-state index contributed by atoms with van der Waals surface area (Å²) in [6.07, 6.45) is 0. The number of anilines is 1. The van der Waals surface area contributed by atoms with Gasteiger partial charge in [-0.15, -0.1) is 0 Å². The van der Waals surface area contributed by atoms with Crippen molar-refractivity contribution in [3.63, 3.8) is 0 Å². The van der Waals surface area contributed by atoms with E-state index in [0.717, 1.165) is 0 Å². The first kappa shape index (κ1) is 12.1. The van der Waals surface area contributed by atoms with Crippen LogP contribution in [0.1, 0.15) is 11.4 Å². The molecule has 0 radical (unpaired) electrons. The fourth-order valence-corrected chi connectivity index (χ4v) is 1.89. The zero-order valence-electron chi connectivity index (χ0n) is 8.80. The number of aryl methyl sites for hydroxylation is 1. The van der Waals surface area contributed by atoms with Gasteiger partial charge in [0.1, 0.15) is 17.2 Å². The van der Waals surface area contributed by atoms with Crippen molar-refractivity contribution in [2.45, 2.75) is 13.5 Å². The Morgan fingerprint density at radius 2 is 1.94 bits per heavy atom. The highest BCUT2D eigenvalue weighted by Gasteiger charge is 2.10. The second-order valence-electron chi connectivity index (χ2n) is 3.39. The number of rotatable bonds is 3. The van der Waals surface area contributed by atoms with Crippen molar-refractivity contribution >= 4 is 28.9 Å². The fraction of sp³-hybridized carbons (Fsp3) is 0.200. The van der Waals surface area contributed by atoms with E-state index in [1.54, 1.807) is 6.92 Å². The minimum absolute atomic E-state index is 0.212. The molecule has 0 aliphatic carbocycles. The summed E-state index contributed by atoms with van der Waals surface area (Å²) in [6.45, 7) is 2.11. The van der Waals surface area contributed by atoms with Crippen molar-refractivity contribution in [3.8, 4) is 0 Å². The van der Waals surface area contributed by atoms with Crippen LogP contribution in [0.15, 0.2) is 16.8 Å². The second kappa shape index (κ2) is 4.89. The number of aromatic nitrogens is 2. The third-order valence-corrected chi connectivity index (χ3v) is 2.78. The topological polar surface area (TPSA) is 51.0 Å². The van der Waals surface area contributed by atoms with Crippen LogP contribution in [0.2, 0.25) is 10.0 Å². The van der Waals surface area contributed by atoms with Crippen LogP contribution in [0, 0.1) is 12.7 Å². The molecule has 0 saturated carbocycles. The van der Waals surface area contributed by atoms with Gasteiger partial charge < -0.3 is 5.32 Å². The van der Waals surface area contributed by atoms with Gasteiger partial charge in [0.15, 0.2) is 0 Å². The minimum Gasteiger partial charge on any atom is -0.377 e. The van der Waals surface area contributed by atoms with E-state index >= 15 is 0 Å². The SMILES string of the molecule is Cc1nonc1CNc1c(Cl)cc(F)cc1Cl. The van der Waals surface area contributed by atoms with Gasteiger partial charge >= 0.3 is 0 Å². The Morgan fingerprint density at radius 3 is 2.47 bits per heavy atom. The van der Waals surface area contributed by atoms with E-state index in [4.69, 9.17) is 23.2 Å². The maximum atomic E-state index is 13.0. The van der Waals surface area contributed by atoms with Crippen molar-refractivity contribution in [1.29, 1.82) is 0 Å². The van der Waals surface area contributed by atoms with Gasteiger partial charge in [-0.2, -0.15) is 0 Å². The molecule has 17 heavy (non-hydrogen) atoms. The molecule has 1 heterocycles. The summed E-state index contributed by atoms with van der Waals surface area (Å²) < 4.78 is 17.5. The number of nitrogens with zero attached hydrogens (tertiary/aromatic N) is 2. The molecule has 0 amide bonds. The Balaban J connectivity index is 2.17. The van der Waals surface area contributed by atoms with Gasteiger partial charge in [0.05, 0.1) is 22.3 Å². The molecule has 0 bridgehead atoms. The van der Waals surface area contributed by atoms with Gasteiger partial charge in [-0.25, -0.2) is 9.02 Å². The van der Waals surface area contributed by atoms with Crippen LogP contribution in [-0.4, -0.2) is 10.3 Å². The Kier molecular flexibility index (Phi) is 3.49. The number of benzene rings is 1. The first-order valence-corrected chi connectivity index (χ1v) is 5.50. The van der Waals surface area contributed by atoms with Gasteiger partial charge in [-0.3, -0.25) is 0 Å². The lowest BCUT2D eigenvalue weighted by atomic mass is 10.3. The van der Waals surface area contributed by atoms with Gasteiger partial charge in [-0.05, 0) is 19.1 Å². The smallest absolute Gasteiger partial charge is 0.127 e. The van der Waals surface area contributed by atoms with Gasteiger partial charge in [0.25, 0.3) is 0 Å². The van der Waals surface area contributed by atoms with Crippen molar-refractivity contribution in [2.75, 3.05) is 5.32 Å². The van der Waals surface area contributed by atoms with Crippen LogP contribution in [-0.2, 0) is 6.54 Å². The molecule has 1 N–H and O–H groups in total. The molecule has 0 fully saturated rings. The summed E-state index contributed by atoms with van der Waals surface area (Å²) >= 11 is 11.7.